The molecule has 2 aromatic carbocycles. The fraction of sp³-hybridized carbons (Fsp3) is 0.0526. The van der Waals surface area contributed by atoms with E-state index >= 15 is 0 Å². The zero-order valence-electron chi connectivity index (χ0n) is 11.9. The molecule has 4 rings (SSSR count). The number of benzene rings is 2. The molecule has 3 heteroatoms. The van der Waals surface area contributed by atoms with Gasteiger partial charge >= 0.3 is 0 Å². The molecule has 0 atom stereocenters. The van der Waals surface area contributed by atoms with Crippen LogP contribution in [0, 0.1) is 0 Å². The fourth-order valence-corrected chi connectivity index (χ4v) is 2.91. The van der Waals surface area contributed by atoms with Gasteiger partial charge in [-0.15, -0.1) is 0 Å². The summed E-state index contributed by atoms with van der Waals surface area (Å²) in [7, 11) is 0. The molecule has 0 radical (unpaired) electrons. The van der Waals surface area contributed by atoms with E-state index in [2.05, 4.69) is 35.3 Å². The third-order valence-corrected chi connectivity index (χ3v) is 3.91. The number of para-hydroxylation sites is 1. The van der Waals surface area contributed by atoms with Crippen LogP contribution < -0.4 is 5.56 Å². The first kappa shape index (κ1) is 12.8. The summed E-state index contributed by atoms with van der Waals surface area (Å²) < 4.78 is 2.00. The van der Waals surface area contributed by atoms with Crippen LogP contribution in [0.25, 0.3) is 11.3 Å². The summed E-state index contributed by atoms with van der Waals surface area (Å²) >= 11 is 0. The Morgan fingerprint density at radius 1 is 0.909 bits per heavy atom. The normalized spacial score (nSPS) is 12.8. The average molecular weight is 286 g/mol. The van der Waals surface area contributed by atoms with E-state index in [9.17, 15) is 4.79 Å². The fourth-order valence-electron chi connectivity index (χ4n) is 2.91. The Morgan fingerprint density at radius 3 is 2.55 bits per heavy atom. The first-order valence-corrected chi connectivity index (χ1v) is 7.27. The van der Waals surface area contributed by atoms with Gasteiger partial charge in [0.2, 0.25) is 0 Å². The summed E-state index contributed by atoms with van der Waals surface area (Å²) in [6, 6.07) is 20.0. The number of aromatic nitrogens is 2. The van der Waals surface area contributed by atoms with Crippen molar-refractivity contribution in [1.82, 2.24) is 9.55 Å². The Bertz CT molecular complexity index is 923. The highest BCUT2D eigenvalue weighted by Crippen LogP contribution is 2.31. The van der Waals surface area contributed by atoms with Crippen LogP contribution >= 0.6 is 0 Å². The number of allylic oxidation sites excluding steroid dienone is 1. The third kappa shape index (κ3) is 2.07. The summed E-state index contributed by atoms with van der Waals surface area (Å²) in [5.74, 6) is 0.769. The van der Waals surface area contributed by atoms with Crippen LogP contribution in [-0.2, 0) is 6.42 Å². The minimum atomic E-state index is -0.194. The molecule has 22 heavy (non-hydrogen) atoms. The van der Waals surface area contributed by atoms with Gasteiger partial charge in [0, 0.05) is 24.2 Å². The molecule has 1 aliphatic rings. The van der Waals surface area contributed by atoms with E-state index in [0.717, 1.165) is 17.1 Å². The lowest BCUT2D eigenvalue weighted by atomic mass is 9.96. The van der Waals surface area contributed by atoms with Gasteiger partial charge in [0.15, 0.2) is 0 Å². The maximum atomic E-state index is 11.6. The lowest BCUT2D eigenvalue weighted by Gasteiger charge is -2.14. The predicted octanol–water partition coefficient (Wildman–Crippen LogP) is 3.22. The SMILES string of the molecule is O=c1ccn2c(n1)CC=C(c1ccccc1)c1ccccc1-2. The Kier molecular flexibility index (Phi) is 2.97. The molecular weight excluding hydrogens is 272 g/mol. The molecule has 0 amide bonds. The van der Waals surface area contributed by atoms with Crippen LogP contribution in [0.2, 0.25) is 0 Å². The van der Waals surface area contributed by atoms with E-state index in [1.807, 2.05) is 41.1 Å². The lowest BCUT2D eigenvalue weighted by molar-refractivity contribution is 0.859. The minimum absolute atomic E-state index is 0.194. The number of hydrogen-bond donors (Lipinski definition) is 0. The zero-order valence-corrected chi connectivity index (χ0v) is 11.9. The standard InChI is InChI=1S/C19H14N2O/c22-19-12-13-21-17-9-5-4-8-16(17)15(10-11-18(21)20-19)14-6-2-1-3-7-14/h1-10,12-13H,11H2. The van der Waals surface area contributed by atoms with Crippen molar-refractivity contribution < 1.29 is 0 Å². The monoisotopic (exact) mass is 286 g/mol. The van der Waals surface area contributed by atoms with Gasteiger partial charge in [-0.25, -0.2) is 0 Å². The molecular formula is C19H14N2O. The van der Waals surface area contributed by atoms with Gasteiger partial charge in [-0.05, 0) is 17.2 Å². The molecule has 1 aliphatic heterocycles. The average Bonchev–Trinajstić information content (AvgIpc) is 2.72. The van der Waals surface area contributed by atoms with Crippen molar-refractivity contribution in [2.75, 3.05) is 0 Å². The Hall–Kier alpha value is -2.94. The third-order valence-electron chi connectivity index (χ3n) is 3.91. The van der Waals surface area contributed by atoms with Crippen molar-refractivity contribution in [3.8, 4) is 5.69 Å². The van der Waals surface area contributed by atoms with Gasteiger partial charge in [-0.1, -0.05) is 54.6 Å². The largest absolute Gasteiger partial charge is 0.304 e. The molecule has 2 heterocycles. The molecule has 0 N–H and O–H groups in total. The summed E-state index contributed by atoms with van der Waals surface area (Å²) in [6.07, 6.45) is 4.60. The second-order valence-corrected chi connectivity index (χ2v) is 5.26. The molecule has 0 saturated carbocycles. The van der Waals surface area contributed by atoms with Gasteiger partial charge in [0.1, 0.15) is 5.82 Å². The summed E-state index contributed by atoms with van der Waals surface area (Å²) in [6.45, 7) is 0. The summed E-state index contributed by atoms with van der Waals surface area (Å²) in [4.78, 5) is 15.7. The summed E-state index contributed by atoms with van der Waals surface area (Å²) in [5, 5.41) is 0. The van der Waals surface area contributed by atoms with Crippen LogP contribution in [0.5, 0.6) is 0 Å². The van der Waals surface area contributed by atoms with E-state index in [-0.39, 0.29) is 5.56 Å². The van der Waals surface area contributed by atoms with Crippen LogP contribution in [0.1, 0.15) is 17.0 Å². The maximum absolute atomic E-state index is 11.6. The van der Waals surface area contributed by atoms with Crippen molar-refractivity contribution in [1.29, 1.82) is 0 Å². The molecule has 106 valence electrons. The quantitative estimate of drug-likeness (QED) is 0.688. The minimum Gasteiger partial charge on any atom is -0.304 e. The zero-order chi connectivity index (χ0) is 14.9. The maximum Gasteiger partial charge on any atom is 0.272 e. The first-order valence-electron chi connectivity index (χ1n) is 7.27. The number of fused-ring (bicyclic) bond motifs is 3. The molecule has 0 saturated heterocycles. The van der Waals surface area contributed by atoms with Crippen LogP contribution in [0.4, 0.5) is 0 Å². The number of rotatable bonds is 1. The van der Waals surface area contributed by atoms with E-state index in [4.69, 9.17) is 0 Å². The second-order valence-electron chi connectivity index (χ2n) is 5.26. The van der Waals surface area contributed by atoms with Crippen molar-refractivity contribution in [3.05, 3.63) is 100 Å². The van der Waals surface area contributed by atoms with Crippen molar-refractivity contribution in [2.45, 2.75) is 6.42 Å². The topological polar surface area (TPSA) is 34.9 Å². The van der Waals surface area contributed by atoms with Crippen LogP contribution in [0.3, 0.4) is 0 Å². The molecule has 3 aromatic rings. The Balaban J connectivity index is 2.00. The molecule has 0 aliphatic carbocycles. The highest BCUT2D eigenvalue weighted by Gasteiger charge is 2.16. The molecule has 0 fully saturated rings. The summed E-state index contributed by atoms with van der Waals surface area (Å²) in [5.41, 5.74) is 4.36. The van der Waals surface area contributed by atoms with Crippen molar-refractivity contribution in [3.63, 3.8) is 0 Å². The van der Waals surface area contributed by atoms with E-state index in [1.54, 1.807) is 0 Å². The van der Waals surface area contributed by atoms with E-state index < -0.39 is 0 Å². The molecule has 3 nitrogen and oxygen atoms in total. The Labute approximate surface area is 128 Å². The highest BCUT2D eigenvalue weighted by molar-refractivity contribution is 5.84. The molecule has 0 unspecified atom stereocenters. The smallest absolute Gasteiger partial charge is 0.272 e. The van der Waals surface area contributed by atoms with Gasteiger partial charge in [-0.3, -0.25) is 4.79 Å². The first-order chi connectivity index (χ1) is 10.8. The highest BCUT2D eigenvalue weighted by atomic mass is 16.1. The number of hydrogen-bond acceptors (Lipinski definition) is 2. The van der Waals surface area contributed by atoms with E-state index in [1.165, 1.54) is 17.2 Å². The van der Waals surface area contributed by atoms with Gasteiger partial charge < -0.3 is 4.57 Å². The van der Waals surface area contributed by atoms with E-state index in [0.29, 0.717) is 6.42 Å². The number of nitrogens with zero attached hydrogens (tertiary/aromatic N) is 2. The predicted molar refractivity (Wildman–Crippen MR) is 87.1 cm³/mol. The second kappa shape index (κ2) is 5.11. The van der Waals surface area contributed by atoms with Gasteiger partial charge in [-0.2, -0.15) is 4.98 Å². The lowest BCUT2D eigenvalue weighted by Crippen LogP contribution is -2.14. The van der Waals surface area contributed by atoms with Crippen LogP contribution in [0.15, 0.2) is 77.7 Å². The van der Waals surface area contributed by atoms with Crippen molar-refractivity contribution >= 4 is 5.57 Å². The molecule has 0 spiro atoms. The Morgan fingerprint density at radius 2 is 1.68 bits per heavy atom. The molecule has 1 aromatic heterocycles. The van der Waals surface area contributed by atoms with Crippen molar-refractivity contribution in [2.24, 2.45) is 0 Å². The van der Waals surface area contributed by atoms with Gasteiger partial charge in [0.25, 0.3) is 5.56 Å². The van der Waals surface area contributed by atoms with Gasteiger partial charge in [0.05, 0.1) is 5.69 Å². The van der Waals surface area contributed by atoms with Crippen LogP contribution in [-0.4, -0.2) is 9.55 Å². The molecule has 0 bridgehead atoms.